The van der Waals surface area contributed by atoms with Crippen molar-refractivity contribution in [1.29, 1.82) is 0 Å². The molecule has 1 aromatic heterocycles. The van der Waals surface area contributed by atoms with Crippen molar-refractivity contribution in [3.63, 3.8) is 0 Å². The number of aryl methyl sites for hydroxylation is 2. The number of nitrogens with one attached hydrogen (secondary N) is 2. The fourth-order valence-electron chi connectivity index (χ4n) is 2.12. The van der Waals surface area contributed by atoms with Crippen LogP contribution < -0.4 is 10.6 Å². The standard InChI is InChI=1S/C15H20N4O2/c1-10-4-12(5-11(2)15(10)21)6-17-13-7-18-19(8-13)9-14(20)16-3/h4-5,7-8,17,21H,6,9H2,1-3H3,(H,16,20). The van der Waals surface area contributed by atoms with Crippen LogP contribution in [0.2, 0.25) is 0 Å². The minimum atomic E-state index is -0.0885. The van der Waals surface area contributed by atoms with Gasteiger partial charge in [-0.15, -0.1) is 0 Å². The summed E-state index contributed by atoms with van der Waals surface area (Å²) in [4.78, 5) is 11.3. The predicted molar refractivity (Wildman–Crippen MR) is 81.2 cm³/mol. The Balaban J connectivity index is 1.99. The minimum Gasteiger partial charge on any atom is -0.507 e. The lowest BCUT2D eigenvalue weighted by Gasteiger charge is -2.08. The first-order valence-electron chi connectivity index (χ1n) is 6.75. The lowest BCUT2D eigenvalue weighted by atomic mass is 10.1. The minimum absolute atomic E-state index is 0.0885. The average Bonchev–Trinajstić information content (AvgIpc) is 2.89. The third-order valence-corrected chi connectivity index (χ3v) is 3.27. The van der Waals surface area contributed by atoms with E-state index < -0.39 is 0 Å². The summed E-state index contributed by atoms with van der Waals surface area (Å²) in [5.41, 5.74) is 3.66. The number of phenolic OH excluding ortho intramolecular Hbond substituents is 1. The Kier molecular flexibility index (Phi) is 4.47. The molecule has 6 heteroatoms. The number of benzene rings is 1. The van der Waals surface area contributed by atoms with Crippen LogP contribution in [0.15, 0.2) is 24.5 Å². The maximum Gasteiger partial charge on any atom is 0.241 e. The van der Waals surface area contributed by atoms with Gasteiger partial charge in [0.2, 0.25) is 5.91 Å². The lowest BCUT2D eigenvalue weighted by molar-refractivity contribution is -0.121. The fourth-order valence-corrected chi connectivity index (χ4v) is 2.12. The zero-order valence-electron chi connectivity index (χ0n) is 12.5. The lowest BCUT2D eigenvalue weighted by Crippen LogP contribution is -2.23. The number of hydrogen-bond acceptors (Lipinski definition) is 4. The molecule has 0 saturated carbocycles. The normalized spacial score (nSPS) is 10.4. The number of aromatic hydroxyl groups is 1. The summed E-state index contributed by atoms with van der Waals surface area (Å²) in [5.74, 6) is 0.256. The number of anilines is 1. The summed E-state index contributed by atoms with van der Waals surface area (Å²) >= 11 is 0. The number of phenols is 1. The third kappa shape index (κ3) is 3.75. The molecule has 0 spiro atoms. The van der Waals surface area contributed by atoms with Gasteiger partial charge in [0.1, 0.15) is 12.3 Å². The first-order chi connectivity index (χ1) is 9.99. The highest BCUT2D eigenvalue weighted by atomic mass is 16.3. The Morgan fingerprint density at radius 3 is 2.62 bits per heavy atom. The molecule has 0 unspecified atom stereocenters. The highest BCUT2D eigenvalue weighted by Gasteiger charge is 2.05. The number of rotatable bonds is 5. The van der Waals surface area contributed by atoms with Gasteiger partial charge in [0.25, 0.3) is 0 Å². The van der Waals surface area contributed by atoms with E-state index in [0.29, 0.717) is 12.3 Å². The smallest absolute Gasteiger partial charge is 0.241 e. The van der Waals surface area contributed by atoms with Crippen LogP contribution >= 0.6 is 0 Å². The van der Waals surface area contributed by atoms with Crippen LogP contribution in [-0.4, -0.2) is 27.8 Å². The molecule has 0 bridgehead atoms. The molecule has 0 radical (unpaired) electrons. The van der Waals surface area contributed by atoms with Crippen LogP contribution in [0.25, 0.3) is 0 Å². The Morgan fingerprint density at radius 1 is 1.33 bits per heavy atom. The Bertz CT molecular complexity index is 626. The summed E-state index contributed by atoms with van der Waals surface area (Å²) in [5, 5.41) is 19.7. The van der Waals surface area contributed by atoms with Crippen molar-refractivity contribution in [1.82, 2.24) is 15.1 Å². The van der Waals surface area contributed by atoms with Crippen LogP contribution in [0.3, 0.4) is 0 Å². The quantitative estimate of drug-likeness (QED) is 0.780. The number of carbonyl (C=O) groups is 1. The van der Waals surface area contributed by atoms with Crippen LogP contribution in [0.5, 0.6) is 5.75 Å². The van der Waals surface area contributed by atoms with E-state index in [0.717, 1.165) is 22.4 Å². The third-order valence-electron chi connectivity index (χ3n) is 3.27. The molecule has 0 aliphatic carbocycles. The summed E-state index contributed by atoms with van der Waals surface area (Å²) in [6.07, 6.45) is 3.47. The van der Waals surface area contributed by atoms with Gasteiger partial charge in [-0.25, -0.2) is 0 Å². The number of likely N-dealkylation sites (N-methyl/N-ethyl adjacent to an activating group) is 1. The van der Waals surface area contributed by atoms with Crippen LogP contribution in [0.4, 0.5) is 5.69 Å². The van der Waals surface area contributed by atoms with E-state index in [4.69, 9.17) is 0 Å². The zero-order valence-corrected chi connectivity index (χ0v) is 12.5. The highest BCUT2D eigenvalue weighted by molar-refractivity contribution is 5.75. The number of hydrogen-bond donors (Lipinski definition) is 3. The molecule has 0 aliphatic heterocycles. The second-order valence-electron chi connectivity index (χ2n) is 5.03. The second kappa shape index (κ2) is 6.30. The number of amides is 1. The molecule has 2 aromatic rings. The highest BCUT2D eigenvalue weighted by Crippen LogP contribution is 2.23. The van der Waals surface area contributed by atoms with Gasteiger partial charge < -0.3 is 15.7 Å². The van der Waals surface area contributed by atoms with E-state index in [1.807, 2.05) is 26.0 Å². The van der Waals surface area contributed by atoms with E-state index in [9.17, 15) is 9.90 Å². The van der Waals surface area contributed by atoms with Gasteiger partial charge >= 0.3 is 0 Å². The second-order valence-corrected chi connectivity index (χ2v) is 5.03. The molecule has 3 N–H and O–H groups in total. The first-order valence-corrected chi connectivity index (χ1v) is 6.75. The van der Waals surface area contributed by atoms with Crippen LogP contribution in [-0.2, 0) is 17.9 Å². The first kappa shape index (κ1) is 14.9. The molecule has 0 fully saturated rings. The number of carbonyl (C=O) groups excluding carboxylic acids is 1. The molecule has 112 valence electrons. The van der Waals surface area contributed by atoms with Crippen LogP contribution in [0, 0.1) is 13.8 Å². The summed E-state index contributed by atoms with van der Waals surface area (Å²) < 4.78 is 1.58. The maximum atomic E-state index is 11.3. The molecule has 1 heterocycles. The van der Waals surface area contributed by atoms with Gasteiger partial charge in [-0.2, -0.15) is 5.10 Å². The maximum absolute atomic E-state index is 11.3. The summed E-state index contributed by atoms with van der Waals surface area (Å²) in [7, 11) is 1.60. The van der Waals surface area contributed by atoms with Gasteiger partial charge in [-0.3, -0.25) is 9.48 Å². The predicted octanol–water partition coefficient (Wildman–Crippen LogP) is 1.56. The average molecular weight is 288 g/mol. The van der Waals surface area contributed by atoms with Gasteiger partial charge in [0, 0.05) is 19.8 Å². The van der Waals surface area contributed by atoms with Crippen LogP contribution in [0.1, 0.15) is 16.7 Å². The van der Waals surface area contributed by atoms with Crippen molar-refractivity contribution >= 4 is 11.6 Å². The van der Waals surface area contributed by atoms with E-state index in [1.165, 1.54) is 0 Å². The van der Waals surface area contributed by atoms with E-state index in [1.54, 1.807) is 24.1 Å². The van der Waals surface area contributed by atoms with Gasteiger partial charge in [0.15, 0.2) is 0 Å². The molecule has 21 heavy (non-hydrogen) atoms. The molecule has 0 atom stereocenters. The van der Waals surface area contributed by atoms with Crippen molar-refractivity contribution in [2.45, 2.75) is 26.9 Å². The molecule has 0 saturated heterocycles. The molecule has 1 aromatic carbocycles. The van der Waals surface area contributed by atoms with Gasteiger partial charge in [-0.1, -0.05) is 12.1 Å². The van der Waals surface area contributed by atoms with E-state index in [2.05, 4.69) is 15.7 Å². The Labute approximate surface area is 123 Å². The van der Waals surface area contributed by atoms with Gasteiger partial charge in [0.05, 0.1) is 11.9 Å². The Hall–Kier alpha value is -2.50. The molecule has 6 nitrogen and oxygen atoms in total. The van der Waals surface area contributed by atoms with Gasteiger partial charge in [-0.05, 0) is 30.5 Å². The molecule has 1 amide bonds. The SMILES string of the molecule is CNC(=O)Cn1cc(NCc2cc(C)c(O)c(C)c2)cn1. The molecular weight excluding hydrogens is 268 g/mol. The van der Waals surface area contributed by atoms with E-state index >= 15 is 0 Å². The van der Waals surface area contributed by atoms with E-state index in [-0.39, 0.29) is 12.5 Å². The fraction of sp³-hybridized carbons (Fsp3) is 0.333. The van der Waals surface area contributed by atoms with Crippen molar-refractivity contribution in [2.75, 3.05) is 12.4 Å². The number of nitrogens with zero attached hydrogens (tertiary/aromatic N) is 2. The zero-order chi connectivity index (χ0) is 15.4. The number of aromatic nitrogens is 2. The molecule has 2 rings (SSSR count). The summed E-state index contributed by atoms with van der Waals surface area (Å²) in [6.45, 7) is 4.60. The summed E-state index contributed by atoms with van der Waals surface area (Å²) in [6, 6.07) is 3.90. The largest absolute Gasteiger partial charge is 0.507 e. The molecular formula is C15H20N4O2. The van der Waals surface area contributed by atoms with Crippen molar-refractivity contribution in [3.05, 3.63) is 41.2 Å². The van der Waals surface area contributed by atoms with Crippen molar-refractivity contribution in [2.24, 2.45) is 0 Å². The monoisotopic (exact) mass is 288 g/mol. The topological polar surface area (TPSA) is 79.2 Å². The van der Waals surface area contributed by atoms with Crippen molar-refractivity contribution < 1.29 is 9.90 Å². The Morgan fingerprint density at radius 2 is 2.00 bits per heavy atom. The van der Waals surface area contributed by atoms with Crippen molar-refractivity contribution in [3.8, 4) is 5.75 Å². The molecule has 0 aliphatic rings.